The van der Waals surface area contributed by atoms with E-state index in [4.69, 9.17) is 19.9 Å². The largest absolute Gasteiger partial charge is 0.397 e. The first-order valence-electron chi connectivity index (χ1n) is 3.89. The van der Waals surface area contributed by atoms with Gasteiger partial charge >= 0.3 is 10.4 Å². The molecule has 0 heterocycles. The molecule has 8 heteroatoms. The highest BCUT2D eigenvalue weighted by molar-refractivity contribution is 7.80. The number of aliphatic hydroxyl groups excluding tert-OH is 3. The Morgan fingerprint density at radius 3 is 1.79 bits per heavy atom. The third kappa shape index (κ3) is 17.7. The van der Waals surface area contributed by atoms with Crippen molar-refractivity contribution in [2.45, 2.75) is 19.4 Å². The molecule has 0 fully saturated rings. The molecule has 0 aliphatic rings. The summed E-state index contributed by atoms with van der Waals surface area (Å²) in [5.41, 5.74) is 0. The van der Waals surface area contributed by atoms with Crippen LogP contribution in [0.4, 0.5) is 0 Å². The average Bonchev–Trinajstić information content (AvgIpc) is 2.13. The quantitative estimate of drug-likeness (QED) is 0.427. The maximum absolute atomic E-state index is 9.72. The third-order valence-electron chi connectivity index (χ3n) is 0.858. The second-order valence-corrected chi connectivity index (χ2v) is 3.36. The van der Waals surface area contributed by atoms with Gasteiger partial charge in [0.2, 0.25) is 0 Å². The molecule has 0 aromatic heterocycles. The molecule has 0 bridgehead atoms. The summed E-state index contributed by atoms with van der Waals surface area (Å²) in [6, 6.07) is 0. The summed E-state index contributed by atoms with van der Waals surface area (Å²) in [7, 11) is -4.19. The summed E-state index contributed by atoms with van der Waals surface area (Å²) < 4.78 is 31.3. The first-order chi connectivity index (χ1) is 6.37. The fourth-order valence-electron chi connectivity index (χ4n) is 0.246. The van der Waals surface area contributed by atoms with Gasteiger partial charge in [0, 0.05) is 0 Å². The average molecular weight is 232 g/mol. The predicted octanol–water partition coefficient (Wildman–Crippen LogP) is -1.45. The van der Waals surface area contributed by atoms with Crippen LogP contribution in [0.15, 0.2) is 0 Å². The first-order valence-corrected chi connectivity index (χ1v) is 5.25. The van der Waals surface area contributed by atoms with Crippen molar-refractivity contribution in [1.29, 1.82) is 0 Å². The fraction of sp³-hybridized carbons (Fsp3) is 1.00. The molecule has 0 saturated heterocycles. The van der Waals surface area contributed by atoms with E-state index >= 15 is 0 Å². The number of hydrogen-bond acceptors (Lipinski definition) is 6. The van der Waals surface area contributed by atoms with Crippen molar-refractivity contribution < 1.29 is 32.5 Å². The molecule has 7 nitrogen and oxygen atoms in total. The minimum atomic E-state index is -4.19. The fourth-order valence-corrected chi connectivity index (χ4v) is 0.624. The molecule has 0 aromatic rings. The lowest BCUT2D eigenvalue weighted by molar-refractivity contribution is 0.0450. The van der Waals surface area contributed by atoms with Crippen molar-refractivity contribution in [3.8, 4) is 0 Å². The Morgan fingerprint density at radius 1 is 1.29 bits per heavy atom. The van der Waals surface area contributed by atoms with Gasteiger partial charge in [0.1, 0.15) is 6.10 Å². The molecule has 0 radical (unpaired) electrons. The molecule has 14 heavy (non-hydrogen) atoms. The van der Waals surface area contributed by atoms with E-state index in [0.29, 0.717) is 6.42 Å². The van der Waals surface area contributed by atoms with Gasteiger partial charge < -0.3 is 15.3 Å². The Hall–Kier alpha value is -0.250. The molecule has 0 rings (SSSR count). The Bertz CT molecular complexity index is 196. The van der Waals surface area contributed by atoms with Crippen LogP contribution in [0, 0.1) is 0 Å². The maximum atomic E-state index is 9.72. The standard InChI is InChI=1S/C3H8O4S.C3H8O3/c1-2-3-7-8(4,5)6;4-1-3(6)2-5/h2-3H2,1H3,(H,4,5,6);3-6H,1-2H2. The molecule has 0 unspecified atom stereocenters. The van der Waals surface area contributed by atoms with Gasteiger partial charge in [-0.2, -0.15) is 8.42 Å². The van der Waals surface area contributed by atoms with E-state index in [1.54, 1.807) is 6.92 Å². The maximum Gasteiger partial charge on any atom is 0.397 e. The van der Waals surface area contributed by atoms with Crippen molar-refractivity contribution in [2.75, 3.05) is 19.8 Å². The van der Waals surface area contributed by atoms with Gasteiger partial charge in [0.25, 0.3) is 0 Å². The topological polar surface area (TPSA) is 124 Å². The molecule has 0 spiro atoms. The molecule has 0 atom stereocenters. The minimum absolute atomic E-state index is 0.0405. The van der Waals surface area contributed by atoms with Gasteiger partial charge in [0.15, 0.2) is 0 Å². The van der Waals surface area contributed by atoms with Crippen LogP contribution in [0.25, 0.3) is 0 Å². The molecular formula is C6H16O7S. The summed E-state index contributed by atoms with van der Waals surface area (Å²) >= 11 is 0. The van der Waals surface area contributed by atoms with Crippen LogP contribution >= 0.6 is 0 Å². The summed E-state index contributed by atoms with van der Waals surface area (Å²) in [6.07, 6.45) is -0.384. The van der Waals surface area contributed by atoms with E-state index in [2.05, 4.69) is 4.18 Å². The van der Waals surface area contributed by atoms with E-state index in [-0.39, 0.29) is 19.8 Å². The summed E-state index contributed by atoms with van der Waals surface area (Å²) in [5.74, 6) is 0. The SMILES string of the molecule is CCCOS(=O)(=O)O.OCC(O)CO. The van der Waals surface area contributed by atoms with E-state index in [9.17, 15) is 8.42 Å². The zero-order chi connectivity index (χ0) is 11.6. The molecule has 88 valence electrons. The van der Waals surface area contributed by atoms with Gasteiger partial charge in [-0.3, -0.25) is 4.55 Å². The number of aliphatic hydroxyl groups is 3. The molecule has 0 saturated carbocycles. The van der Waals surface area contributed by atoms with Gasteiger partial charge in [-0.05, 0) is 6.42 Å². The van der Waals surface area contributed by atoms with Crippen molar-refractivity contribution in [1.82, 2.24) is 0 Å². The highest BCUT2D eigenvalue weighted by atomic mass is 32.3. The second-order valence-electron chi connectivity index (χ2n) is 2.27. The highest BCUT2D eigenvalue weighted by Crippen LogP contribution is 1.86. The van der Waals surface area contributed by atoms with Crippen molar-refractivity contribution in [3.63, 3.8) is 0 Å². The van der Waals surface area contributed by atoms with E-state index in [1.165, 1.54) is 0 Å². The van der Waals surface area contributed by atoms with Gasteiger partial charge in [-0.25, -0.2) is 4.18 Å². The lowest BCUT2D eigenvalue weighted by Gasteiger charge is -1.96. The highest BCUT2D eigenvalue weighted by Gasteiger charge is 2.00. The first kappa shape index (κ1) is 16.2. The Balaban J connectivity index is 0. The molecule has 0 amide bonds. The van der Waals surface area contributed by atoms with Crippen LogP contribution < -0.4 is 0 Å². The van der Waals surface area contributed by atoms with Crippen LogP contribution in [0.2, 0.25) is 0 Å². The predicted molar refractivity (Wildman–Crippen MR) is 48.0 cm³/mol. The summed E-state index contributed by atoms with van der Waals surface area (Å²) in [6.45, 7) is 1.05. The van der Waals surface area contributed by atoms with Gasteiger partial charge in [-0.1, -0.05) is 6.92 Å². The number of hydrogen-bond donors (Lipinski definition) is 4. The Labute approximate surface area is 82.9 Å². The van der Waals surface area contributed by atoms with Crippen LogP contribution in [0.5, 0.6) is 0 Å². The van der Waals surface area contributed by atoms with Crippen LogP contribution in [-0.4, -0.2) is 54.2 Å². The normalized spacial score (nSPS) is 11.0. The van der Waals surface area contributed by atoms with E-state index in [0.717, 1.165) is 0 Å². The molecule has 0 aliphatic heterocycles. The van der Waals surface area contributed by atoms with E-state index < -0.39 is 16.5 Å². The summed E-state index contributed by atoms with van der Waals surface area (Å²) in [4.78, 5) is 0. The van der Waals surface area contributed by atoms with Gasteiger partial charge in [-0.15, -0.1) is 0 Å². The van der Waals surface area contributed by atoms with Crippen LogP contribution in [0.1, 0.15) is 13.3 Å². The zero-order valence-corrected chi connectivity index (χ0v) is 8.64. The monoisotopic (exact) mass is 232 g/mol. The molecular weight excluding hydrogens is 216 g/mol. The van der Waals surface area contributed by atoms with Crippen LogP contribution in [-0.2, 0) is 14.6 Å². The van der Waals surface area contributed by atoms with E-state index in [1.807, 2.05) is 0 Å². The molecule has 4 N–H and O–H groups in total. The summed E-state index contributed by atoms with van der Waals surface area (Å²) in [5, 5.41) is 24.0. The molecule has 0 aliphatic carbocycles. The lowest BCUT2D eigenvalue weighted by atomic mass is 10.4. The zero-order valence-electron chi connectivity index (χ0n) is 7.83. The minimum Gasteiger partial charge on any atom is -0.394 e. The van der Waals surface area contributed by atoms with Crippen molar-refractivity contribution >= 4 is 10.4 Å². The third-order valence-corrected chi connectivity index (χ3v) is 1.32. The smallest absolute Gasteiger partial charge is 0.394 e. The second kappa shape index (κ2) is 9.31. The van der Waals surface area contributed by atoms with Gasteiger partial charge in [0.05, 0.1) is 19.8 Å². The molecule has 0 aromatic carbocycles. The van der Waals surface area contributed by atoms with Crippen molar-refractivity contribution in [2.24, 2.45) is 0 Å². The van der Waals surface area contributed by atoms with Crippen molar-refractivity contribution in [3.05, 3.63) is 0 Å². The van der Waals surface area contributed by atoms with Crippen LogP contribution in [0.3, 0.4) is 0 Å². The Kier molecular flexibility index (Phi) is 10.8. The Morgan fingerprint density at radius 2 is 1.71 bits per heavy atom. The lowest BCUT2D eigenvalue weighted by Crippen LogP contribution is -2.15. The number of rotatable bonds is 5.